The molecule has 0 radical (unpaired) electrons. The molecule has 13 nitrogen and oxygen atoms in total. The lowest BCUT2D eigenvalue weighted by Gasteiger charge is -2.24. The molecule has 1 unspecified atom stereocenters. The Hall–Kier alpha value is -4.04. The number of aromatic nitrogens is 6. The monoisotopic (exact) mass is 639 g/mol. The lowest BCUT2D eigenvalue weighted by molar-refractivity contribution is 0.0977. The van der Waals surface area contributed by atoms with Crippen LogP contribution in [0.25, 0.3) is 10.9 Å². The number of hydrogen-bond acceptors (Lipinski definition) is 10. The highest BCUT2D eigenvalue weighted by molar-refractivity contribution is 7.89. The van der Waals surface area contributed by atoms with Crippen molar-refractivity contribution in [2.45, 2.75) is 45.7 Å². The highest BCUT2D eigenvalue weighted by Gasteiger charge is 2.58. The number of carbonyl (C=O) groups is 1. The Morgan fingerprint density at radius 2 is 1.82 bits per heavy atom. The number of rotatable bonds is 8. The minimum atomic E-state index is -3.83. The highest BCUT2D eigenvalue weighted by Crippen LogP contribution is 2.57. The van der Waals surface area contributed by atoms with E-state index in [9.17, 15) is 18.0 Å². The summed E-state index contributed by atoms with van der Waals surface area (Å²) in [5, 5.41) is 8.45. The molecule has 0 spiro atoms. The summed E-state index contributed by atoms with van der Waals surface area (Å²) in [6.45, 7) is 9.43. The van der Waals surface area contributed by atoms with Gasteiger partial charge in [-0.25, -0.2) is 28.1 Å². The number of anilines is 2. The van der Waals surface area contributed by atoms with Crippen molar-refractivity contribution in [3.8, 4) is 0 Å². The number of hydrogen-bond donors (Lipinski definition) is 2. The Labute approximate surface area is 259 Å². The van der Waals surface area contributed by atoms with E-state index in [1.54, 1.807) is 24.0 Å². The van der Waals surface area contributed by atoms with Crippen LogP contribution in [0.2, 0.25) is 5.15 Å². The molecular weight excluding hydrogens is 606 g/mol. The van der Waals surface area contributed by atoms with Crippen molar-refractivity contribution in [3.05, 3.63) is 68.7 Å². The minimum Gasteiger partial charge on any atom is -0.377 e. The molecule has 1 amide bonds. The van der Waals surface area contributed by atoms with Crippen LogP contribution in [0.4, 0.5) is 11.6 Å². The second kappa shape index (κ2) is 10.8. The Bertz CT molecular complexity index is 1960. The zero-order valence-corrected chi connectivity index (χ0v) is 26.8. The van der Waals surface area contributed by atoms with E-state index in [0.717, 1.165) is 36.3 Å². The van der Waals surface area contributed by atoms with E-state index in [0.29, 0.717) is 34.6 Å². The molecule has 2 fully saturated rings. The van der Waals surface area contributed by atoms with Gasteiger partial charge in [0.05, 0.1) is 28.9 Å². The Morgan fingerprint density at radius 1 is 1.11 bits per heavy atom. The molecule has 4 aromatic rings. The SMILES string of the molecule is Cc1cc([C@@H](C)Nc2ccc(Cl)nc2C(=O)NS(C)(=O)=O)c2nc(N3C[C@@H]4C(c5ncn(C(C)C)n5)[C@@H]4C3)n(C)c(=O)c2c1. The van der Waals surface area contributed by atoms with Crippen LogP contribution in [0.15, 0.2) is 35.4 Å². The third kappa shape index (κ3) is 5.52. The lowest BCUT2D eigenvalue weighted by Crippen LogP contribution is -2.32. The summed E-state index contributed by atoms with van der Waals surface area (Å²) >= 11 is 6.04. The molecule has 4 heterocycles. The first-order valence-electron chi connectivity index (χ1n) is 14.3. The molecule has 3 aromatic heterocycles. The molecule has 1 aliphatic carbocycles. The molecule has 44 heavy (non-hydrogen) atoms. The highest BCUT2D eigenvalue weighted by atomic mass is 35.5. The first kappa shape index (κ1) is 30.0. The number of fused-ring (bicyclic) bond motifs is 2. The van der Waals surface area contributed by atoms with Crippen molar-refractivity contribution in [1.82, 2.24) is 34.0 Å². The van der Waals surface area contributed by atoms with Crippen LogP contribution in [-0.4, -0.2) is 63.0 Å². The summed E-state index contributed by atoms with van der Waals surface area (Å²) < 4.78 is 28.8. The quantitative estimate of drug-likeness (QED) is 0.274. The summed E-state index contributed by atoms with van der Waals surface area (Å²) in [6, 6.07) is 6.65. The summed E-state index contributed by atoms with van der Waals surface area (Å²) in [6.07, 6.45) is 2.68. The number of pyridine rings is 1. The molecule has 232 valence electrons. The first-order valence-corrected chi connectivity index (χ1v) is 16.6. The molecule has 6 rings (SSSR count). The van der Waals surface area contributed by atoms with Crippen LogP contribution in [0.3, 0.4) is 0 Å². The van der Waals surface area contributed by atoms with Crippen LogP contribution in [0.1, 0.15) is 66.2 Å². The number of nitrogens with one attached hydrogen (secondary N) is 2. The second-order valence-electron chi connectivity index (χ2n) is 12.1. The zero-order valence-electron chi connectivity index (χ0n) is 25.2. The van der Waals surface area contributed by atoms with E-state index in [1.807, 2.05) is 35.4 Å². The van der Waals surface area contributed by atoms with Gasteiger partial charge in [-0.1, -0.05) is 17.7 Å². The predicted molar refractivity (Wildman–Crippen MR) is 168 cm³/mol. The molecule has 1 saturated carbocycles. The smallest absolute Gasteiger partial charge is 0.285 e. The maximum atomic E-state index is 13.7. The topological polar surface area (TPSA) is 157 Å². The molecule has 15 heteroatoms. The van der Waals surface area contributed by atoms with Gasteiger partial charge >= 0.3 is 0 Å². The van der Waals surface area contributed by atoms with Crippen molar-refractivity contribution >= 4 is 50.1 Å². The number of amides is 1. The van der Waals surface area contributed by atoms with Gasteiger partial charge in [0.25, 0.3) is 11.5 Å². The van der Waals surface area contributed by atoms with Gasteiger partial charge in [0.15, 0.2) is 11.5 Å². The normalized spacial score (nSPS) is 20.2. The fourth-order valence-electron chi connectivity index (χ4n) is 6.17. The van der Waals surface area contributed by atoms with E-state index in [1.165, 1.54) is 6.07 Å². The van der Waals surface area contributed by atoms with Crippen molar-refractivity contribution in [3.63, 3.8) is 0 Å². The largest absolute Gasteiger partial charge is 0.377 e. The van der Waals surface area contributed by atoms with Crippen LogP contribution >= 0.6 is 11.6 Å². The van der Waals surface area contributed by atoms with Gasteiger partial charge in [0, 0.05) is 37.7 Å². The summed E-state index contributed by atoms with van der Waals surface area (Å²) in [4.78, 5) is 42.2. The van der Waals surface area contributed by atoms with E-state index < -0.39 is 22.0 Å². The fourth-order valence-corrected chi connectivity index (χ4v) is 6.75. The maximum Gasteiger partial charge on any atom is 0.285 e. The summed E-state index contributed by atoms with van der Waals surface area (Å²) in [5.74, 6) is 1.68. The van der Waals surface area contributed by atoms with Crippen molar-refractivity contribution < 1.29 is 13.2 Å². The Balaban J connectivity index is 1.31. The third-order valence-electron chi connectivity index (χ3n) is 8.35. The molecular formula is C29H34ClN9O4S. The van der Waals surface area contributed by atoms with Gasteiger partial charge < -0.3 is 10.2 Å². The van der Waals surface area contributed by atoms with Gasteiger partial charge in [-0.05, 0) is 63.3 Å². The predicted octanol–water partition coefficient (Wildman–Crippen LogP) is 3.18. The number of carbonyl (C=O) groups excluding carboxylic acids is 1. The number of aryl methyl sites for hydroxylation is 1. The third-order valence-corrected chi connectivity index (χ3v) is 9.12. The van der Waals surface area contributed by atoms with Crippen LogP contribution < -0.4 is 20.5 Å². The number of benzene rings is 1. The zero-order chi connectivity index (χ0) is 31.7. The van der Waals surface area contributed by atoms with Crippen LogP contribution in [0, 0.1) is 18.8 Å². The van der Waals surface area contributed by atoms with Gasteiger partial charge in [-0.3, -0.25) is 18.8 Å². The van der Waals surface area contributed by atoms with Gasteiger partial charge in [0.2, 0.25) is 16.0 Å². The van der Waals surface area contributed by atoms with Crippen molar-refractivity contribution in [2.75, 3.05) is 29.6 Å². The van der Waals surface area contributed by atoms with Crippen molar-refractivity contribution in [1.29, 1.82) is 0 Å². The molecule has 0 bridgehead atoms. The maximum absolute atomic E-state index is 13.7. The van der Waals surface area contributed by atoms with Gasteiger partial charge in [-0.15, -0.1) is 0 Å². The lowest BCUT2D eigenvalue weighted by atomic mass is 10.0. The molecule has 4 atom stereocenters. The summed E-state index contributed by atoms with van der Waals surface area (Å²) in [5.41, 5.74) is 2.12. The number of piperidine rings is 1. The number of sulfonamides is 1. The number of halogens is 1. The number of nitrogens with zero attached hydrogens (tertiary/aromatic N) is 7. The van der Waals surface area contributed by atoms with Crippen LogP contribution in [0.5, 0.6) is 0 Å². The van der Waals surface area contributed by atoms with Gasteiger partial charge in [0.1, 0.15) is 11.5 Å². The first-order chi connectivity index (χ1) is 20.7. The standard InChI is InChI=1S/C29H34ClN9O4S/c1-14(2)39-13-31-26(35-39)23-19-11-38(12-20(19)23)29-34-24-17(9-15(3)10-18(24)28(41)37(29)5)16(4)32-21-7-8-22(30)33-25(21)27(40)36-44(6,42)43/h7-10,13-14,16,19-20,23,32H,11-12H2,1-6H3,(H,36,40)/t16-,19-,20+,23?/m1/s1. The molecule has 1 aromatic carbocycles. The van der Waals surface area contributed by atoms with Crippen LogP contribution in [-0.2, 0) is 17.1 Å². The molecule has 1 saturated heterocycles. The van der Waals surface area contributed by atoms with Crippen molar-refractivity contribution in [2.24, 2.45) is 18.9 Å². The Kier molecular flexibility index (Phi) is 7.39. The van der Waals surface area contributed by atoms with E-state index in [4.69, 9.17) is 16.6 Å². The molecule has 2 N–H and O–H groups in total. The molecule has 2 aliphatic rings. The van der Waals surface area contributed by atoms with E-state index >= 15 is 0 Å². The Morgan fingerprint density at radius 3 is 2.45 bits per heavy atom. The average molecular weight is 640 g/mol. The van der Waals surface area contributed by atoms with Gasteiger partial charge in [-0.2, -0.15) is 5.10 Å². The molecule has 1 aliphatic heterocycles. The minimum absolute atomic E-state index is 0.0348. The van der Waals surface area contributed by atoms with E-state index in [-0.39, 0.29) is 28.1 Å². The average Bonchev–Trinajstić information content (AvgIpc) is 3.28. The van der Waals surface area contributed by atoms with E-state index in [2.05, 4.69) is 39.1 Å². The summed E-state index contributed by atoms with van der Waals surface area (Å²) in [7, 11) is -2.09. The second-order valence-corrected chi connectivity index (χ2v) is 14.2. The fraction of sp³-hybridized carbons (Fsp3) is 0.448.